The zero-order valence-corrected chi connectivity index (χ0v) is 13.0. The molecule has 1 aromatic carbocycles. The van der Waals surface area contributed by atoms with E-state index >= 15 is 0 Å². The summed E-state index contributed by atoms with van der Waals surface area (Å²) in [6.45, 7) is 10.0. The van der Waals surface area contributed by atoms with Gasteiger partial charge in [0, 0.05) is 13.1 Å². The number of nitrogens with zero attached hydrogens (tertiary/aromatic N) is 2. The second-order valence-corrected chi connectivity index (χ2v) is 5.01. The fourth-order valence-electron chi connectivity index (χ4n) is 1.73. The van der Waals surface area contributed by atoms with Gasteiger partial charge in [-0.2, -0.15) is 0 Å². The molecule has 2 aromatic rings. The van der Waals surface area contributed by atoms with E-state index in [1.54, 1.807) is 18.6 Å². The van der Waals surface area contributed by atoms with E-state index in [1.807, 2.05) is 48.9 Å². The number of ether oxygens (including phenoxy) is 2. The molecular weight excluding hydrogens is 276 g/mol. The molecule has 0 atom stereocenters. The molecule has 0 aliphatic carbocycles. The molecule has 0 radical (unpaired) electrons. The summed E-state index contributed by atoms with van der Waals surface area (Å²) in [5.41, 5.74) is 1.94. The Morgan fingerprint density at radius 1 is 1.27 bits per heavy atom. The molecule has 2 rings (SSSR count). The predicted molar refractivity (Wildman–Crippen MR) is 87.7 cm³/mol. The molecule has 0 aliphatic rings. The van der Waals surface area contributed by atoms with E-state index in [0.717, 1.165) is 17.0 Å². The Labute approximate surface area is 131 Å². The van der Waals surface area contributed by atoms with Crippen LogP contribution in [0.15, 0.2) is 73.4 Å². The van der Waals surface area contributed by atoms with Gasteiger partial charge in [-0.15, -0.1) is 0 Å². The number of aryl methyl sites for hydroxylation is 1. The summed E-state index contributed by atoms with van der Waals surface area (Å²) in [6.07, 6.45) is 7.16. The van der Waals surface area contributed by atoms with Crippen LogP contribution in [0.5, 0.6) is 11.5 Å². The molecule has 0 spiro atoms. The van der Waals surface area contributed by atoms with E-state index in [1.165, 1.54) is 0 Å². The molecule has 4 nitrogen and oxygen atoms in total. The molecular formula is C18H20N2O2. The van der Waals surface area contributed by atoms with Crippen molar-refractivity contribution in [1.29, 1.82) is 0 Å². The largest absolute Gasteiger partial charge is 0.487 e. The molecule has 0 amide bonds. The van der Waals surface area contributed by atoms with E-state index < -0.39 is 0 Å². The van der Waals surface area contributed by atoms with Crippen LogP contribution in [0.2, 0.25) is 0 Å². The number of benzene rings is 1. The van der Waals surface area contributed by atoms with Crippen LogP contribution < -0.4 is 9.47 Å². The van der Waals surface area contributed by atoms with Gasteiger partial charge in [-0.25, -0.2) is 4.98 Å². The maximum atomic E-state index is 5.75. The van der Waals surface area contributed by atoms with Gasteiger partial charge in [-0.05, 0) is 25.1 Å². The summed E-state index contributed by atoms with van der Waals surface area (Å²) in [5.74, 6) is 1.96. The monoisotopic (exact) mass is 296 g/mol. The van der Waals surface area contributed by atoms with Gasteiger partial charge in [-0.3, -0.25) is 0 Å². The molecule has 0 N–H and O–H groups in total. The third kappa shape index (κ3) is 4.66. The molecule has 0 saturated heterocycles. The van der Waals surface area contributed by atoms with Crippen LogP contribution in [0.25, 0.3) is 0 Å². The Kier molecular flexibility index (Phi) is 5.20. The maximum absolute atomic E-state index is 5.75. The van der Waals surface area contributed by atoms with Crippen LogP contribution in [0, 0.1) is 0 Å². The lowest BCUT2D eigenvalue weighted by atomic mass is 10.3. The zero-order valence-electron chi connectivity index (χ0n) is 13.0. The van der Waals surface area contributed by atoms with Crippen LogP contribution in [0.3, 0.4) is 0 Å². The minimum absolute atomic E-state index is 0.455. The van der Waals surface area contributed by atoms with Crippen molar-refractivity contribution in [2.24, 2.45) is 7.05 Å². The van der Waals surface area contributed by atoms with Crippen molar-refractivity contribution >= 4 is 0 Å². The highest BCUT2D eigenvalue weighted by molar-refractivity contribution is 5.35. The van der Waals surface area contributed by atoms with Crippen molar-refractivity contribution in [3.05, 3.63) is 79.1 Å². The number of imidazole rings is 1. The van der Waals surface area contributed by atoms with E-state index in [0.29, 0.717) is 18.1 Å². The quantitative estimate of drug-likeness (QED) is 0.572. The first kappa shape index (κ1) is 15.6. The van der Waals surface area contributed by atoms with Crippen molar-refractivity contribution in [3.8, 4) is 11.5 Å². The topological polar surface area (TPSA) is 36.3 Å². The fraction of sp³-hybridized carbons (Fsp3) is 0.167. The minimum Gasteiger partial charge on any atom is -0.487 e. The Bertz CT molecular complexity index is 699. The highest BCUT2D eigenvalue weighted by Gasteiger charge is 2.02. The predicted octanol–water partition coefficient (Wildman–Crippen LogP) is 4.02. The van der Waals surface area contributed by atoms with Crippen molar-refractivity contribution in [1.82, 2.24) is 9.55 Å². The van der Waals surface area contributed by atoms with Gasteiger partial charge in [0.15, 0.2) is 0 Å². The van der Waals surface area contributed by atoms with Gasteiger partial charge in [0.2, 0.25) is 0 Å². The Morgan fingerprint density at radius 3 is 2.73 bits per heavy atom. The standard InChI is InChI=1S/C18H20N2O2/c1-14(2)8-9-15(3)22-18-7-5-6-17(10-18)21-12-16-11-19-13-20(16)4/h5-11,13H,1,3,12H2,2,4H3/b9-8-. The highest BCUT2D eigenvalue weighted by atomic mass is 16.5. The van der Waals surface area contributed by atoms with E-state index in [2.05, 4.69) is 18.1 Å². The number of hydrogen-bond donors (Lipinski definition) is 0. The van der Waals surface area contributed by atoms with Gasteiger partial charge >= 0.3 is 0 Å². The first-order valence-corrected chi connectivity index (χ1v) is 6.93. The Balaban J connectivity index is 1.96. The average molecular weight is 296 g/mol. The zero-order chi connectivity index (χ0) is 15.9. The number of hydrogen-bond acceptors (Lipinski definition) is 3. The van der Waals surface area contributed by atoms with E-state index in [-0.39, 0.29) is 0 Å². The molecule has 1 aromatic heterocycles. The van der Waals surface area contributed by atoms with Crippen molar-refractivity contribution in [3.63, 3.8) is 0 Å². The molecule has 114 valence electrons. The van der Waals surface area contributed by atoms with Crippen LogP contribution in [-0.2, 0) is 13.7 Å². The lowest BCUT2D eigenvalue weighted by Gasteiger charge is -2.09. The summed E-state index contributed by atoms with van der Waals surface area (Å²) >= 11 is 0. The fourth-order valence-corrected chi connectivity index (χ4v) is 1.73. The van der Waals surface area contributed by atoms with Crippen molar-refractivity contribution in [2.45, 2.75) is 13.5 Å². The molecule has 0 aliphatic heterocycles. The van der Waals surface area contributed by atoms with Gasteiger partial charge in [0.1, 0.15) is 23.9 Å². The van der Waals surface area contributed by atoms with Crippen LogP contribution in [0.1, 0.15) is 12.6 Å². The summed E-state index contributed by atoms with van der Waals surface area (Å²) in [5, 5.41) is 0. The summed E-state index contributed by atoms with van der Waals surface area (Å²) in [4.78, 5) is 4.06. The van der Waals surface area contributed by atoms with E-state index in [4.69, 9.17) is 9.47 Å². The van der Waals surface area contributed by atoms with Crippen LogP contribution >= 0.6 is 0 Å². The van der Waals surface area contributed by atoms with Gasteiger partial charge in [0.05, 0.1) is 18.2 Å². The number of allylic oxidation sites excluding steroid dienone is 3. The molecule has 0 fully saturated rings. The van der Waals surface area contributed by atoms with Gasteiger partial charge in [0.25, 0.3) is 0 Å². The number of aromatic nitrogens is 2. The summed E-state index contributed by atoms with van der Waals surface area (Å²) < 4.78 is 13.3. The first-order valence-electron chi connectivity index (χ1n) is 6.93. The van der Waals surface area contributed by atoms with Crippen molar-refractivity contribution < 1.29 is 9.47 Å². The lowest BCUT2D eigenvalue weighted by molar-refractivity contribution is 0.295. The Hall–Kier alpha value is -2.75. The molecule has 0 saturated carbocycles. The van der Waals surface area contributed by atoms with Crippen molar-refractivity contribution in [2.75, 3.05) is 0 Å². The smallest absolute Gasteiger partial charge is 0.131 e. The molecule has 4 heteroatoms. The van der Waals surface area contributed by atoms with E-state index in [9.17, 15) is 0 Å². The minimum atomic E-state index is 0.455. The normalized spacial score (nSPS) is 10.6. The summed E-state index contributed by atoms with van der Waals surface area (Å²) in [7, 11) is 1.93. The first-order chi connectivity index (χ1) is 10.5. The Morgan fingerprint density at radius 2 is 2.05 bits per heavy atom. The molecule has 0 bridgehead atoms. The molecule has 22 heavy (non-hydrogen) atoms. The maximum Gasteiger partial charge on any atom is 0.131 e. The third-order valence-electron chi connectivity index (χ3n) is 2.91. The molecule has 0 unspecified atom stereocenters. The van der Waals surface area contributed by atoms with Gasteiger partial charge in [-0.1, -0.05) is 30.9 Å². The van der Waals surface area contributed by atoms with Crippen LogP contribution in [-0.4, -0.2) is 9.55 Å². The summed E-state index contributed by atoms with van der Waals surface area (Å²) in [6, 6.07) is 7.45. The third-order valence-corrected chi connectivity index (χ3v) is 2.91. The lowest BCUT2D eigenvalue weighted by Crippen LogP contribution is -2.01. The molecule has 1 heterocycles. The SMILES string of the molecule is C=C(C)/C=C\C(=C)Oc1cccc(OCc2cncn2C)c1. The van der Waals surface area contributed by atoms with Gasteiger partial charge < -0.3 is 14.0 Å². The highest BCUT2D eigenvalue weighted by Crippen LogP contribution is 2.22. The van der Waals surface area contributed by atoms with Crippen LogP contribution in [0.4, 0.5) is 0 Å². The average Bonchev–Trinajstić information content (AvgIpc) is 2.89. The second kappa shape index (κ2) is 7.31. The second-order valence-electron chi connectivity index (χ2n) is 5.01. The number of rotatable bonds is 7.